The van der Waals surface area contributed by atoms with Crippen LogP contribution in [0.3, 0.4) is 0 Å². The summed E-state index contributed by atoms with van der Waals surface area (Å²) in [6.07, 6.45) is 0.710. The predicted molar refractivity (Wildman–Crippen MR) is 100 cm³/mol. The second kappa shape index (κ2) is 8.66. The van der Waals surface area contributed by atoms with Crippen LogP contribution in [0.4, 0.5) is 0 Å². The SMILES string of the molecule is CC(C)C(=NO)C(=O)NC(C)C(=O)NC1C(=O)N(C)CCc2ccccc21. The summed E-state index contributed by atoms with van der Waals surface area (Å²) < 4.78 is 0. The smallest absolute Gasteiger partial charge is 0.269 e. The molecule has 2 atom stereocenters. The Balaban J connectivity index is 2.15. The Morgan fingerprint density at radius 1 is 1.26 bits per heavy atom. The molecule has 8 nitrogen and oxygen atoms in total. The molecule has 0 aliphatic carbocycles. The molecular formula is C19H26N4O4. The predicted octanol–water partition coefficient (Wildman–Crippen LogP) is 0.849. The highest BCUT2D eigenvalue weighted by molar-refractivity contribution is 6.39. The zero-order valence-electron chi connectivity index (χ0n) is 16.0. The molecule has 1 aliphatic rings. The Bertz CT molecular complexity index is 760. The van der Waals surface area contributed by atoms with Crippen molar-refractivity contribution in [2.75, 3.05) is 13.6 Å². The molecule has 0 saturated heterocycles. The van der Waals surface area contributed by atoms with Gasteiger partial charge in [-0.2, -0.15) is 0 Å². The van der Waals surface area contributed by atoms with Gasteiger partial charge in [0, 0.05) is 19.5 Å². The third kappa shape index (κ3) is 4.64. The molecule has 27 heavy (non-hydrogen) atoms. The largest absolute Gasteiger partial charge is 0.410 e. The van der Waals surface area contributed by atoms with E-state index in [9.17, 15) is 14.4 Å². The minimum Gasteiger partial charge on any atom is -0.410 e. The number of nitrogens with zero attached hydrogens (tertiary/aromatic N) is 2. The molecule has 1 heterocycles. The lowest BCUT2D eigenvalue weighted by atomic mass is 9.99. The number of fused-ring (bicyclic) bond motifs is 1. The number of carbonyl (C=O) groups excluding carboxylic acids is 3. The molecule has 0 radical (unpaired) electrons. The molecular weight excluding hydrogens is 348 g/mol. The molecule has 0 spiro atoms. The normalized spacial score (nSPS) is 18.6. The van der Waals surface area contributed by atoms with Gasteiger partial charge < -0.3 is 20.7 Å². The van der Waals surface area contributed by atoms with Gasteiger partial charge in [-0.1, -0.05) is 43.3 Å². The van der Waals surface area contributed by atoms with Gasteiger partial charge in [-0.25, -0.2) is 0 Å². The maximum absolute atomic E-state index is 12.7. The number of carbonyl (C=O) groups is 3. The van der Waals surface area contributed by atoms with Crippen molar-refractivity contribution in [2.45, 2.75) is 39.3 Å². The van der Waals surface area contributed by atoms with E-state index in [4.69, 9.17) is 5.21 Å². The molecule has 3 amide bonds. The fraction of sp³-hybridized carbons (Fsp3) is 0.474. The van der Waals surface area contributed by atoms with Gasteiger partial charge in [-0.15, -0.1) is 0 Å². The van der Waals surface area contributed by atoms with E-state index in [0.29, 0.717) is 13.0 Å². The molecule has 146 valence electrons. The fourth-order valence-electron chi connectivity index (χ4n) is 2.96. The van der Waals surface area contributed by atoms with Crippen molar-refractivity contribution >= 4 is 23.4 Å². The van der Waals surface area contributed by atoms with Gasteiger partial charge in [0.1, 0.15) is 17.8 Å². The average molecular weight is 374 g/mol. The number of nitrogens with one attached hydrogen (secondary N) is 2. The first kappa shape index (κ1) is 20.4. The van der Waals surface area contributed by atoms with Gasteiger partial charge >= 0.3 is 0 Å². The molecule has 0 fully saturated rings. The first-order valence-corrected chi connectivity index (χ1v) is 8.92. The van der Waals surface area contributed by atoms with Gasteiger partial charge in [0.25, 0.3) is 5.91 Å². The number of likely N-dealkylation sites (N-methyl/N-ethyl adjacent to an activating group) is 1. The first-order chi connectivity index (χ1) is 12.8. The summed E-state index contributed by atoms with van der Waals surface area (Å²) in [6, 6.07) is 5.79. The maximum Gasteiger partial charge on any atom is 0.269 e. The van der Waals surface area contributed by atoms with Crippen molar-refractivity contribution < 1.29 is 19.6 Å². The van der Waals surface area contributed by atoms with Gasteiger partial charge in [0.05, 0.1) is 0 Å². The van der Waals surface area contributed by atoms with E-state index in [2.05, 4.69) is 15.8 Å². The maximum atomic E-state index is 12.7. The number of oxime groups is 1. The van der Waals surface area contributed by atoms with E-state index < -0.39 is 23.9 Å². The van der Waals surface area contributed by atoms with Gasteiger partial charge in [0.2, 0.25) is 11.8 Å². The molecule has 0 bridgehead atoms. The number of hydrogen-bond acceptors (Lipinski definition) is 5. The Morgan fingerprint density at radius 3 is 2.56 bits per heavy atom. The Labute approximate surface area is 158 Å². The first-order valence-electron chi connectivity index (χ1n) is 8.92. The van der Waals surface area contributed by atoms with Gasteiger partial charge in [-0.05, 0) is 24.5 Å². The summed E-state index contributed by atoms with van der Waals surface area (Å²) in [5, 5.41) is 17.2. The third-order valence-corrected chi connectivity index (χ3v) is 4.62. The van der Waals surface area contributed by atoms with Gasteiger partial charge in [-0.3, -0.25) is 14.4 Å². The highest BCUT2D eigenvalue weighted by Crippen LogP contribution is 2.24. The zero-order valence-corrected chi connectivity index (χ0v) is 16.0. The van der Waals surface area contributed by atoms with Crippen LogP contribution in [0, 0.1) is 5.92 Å². The minimum atomic E-state index is -0.901. The summed E-state index contributed by atoms with van der Waals surface area (Å²) in [7, 11) is 1.70. The lowest BCUT2D eigenvalue weighted by Gasteiger charge is -2.24. The number of benzene rings is 1. The van der Waals surface area contributed by atoms with Crippen LogP contribution in [0.25, 0.3) is 0 Å². The van der Waals surface area contributed by atoms with E-state index in [1.165, 1.54) is 6.92 Å². The van der Waals surface area contributed by atoms with Crippen molar-refractivity contribution in [3.63, 3.8) is 0 Å². The molecule has 1 aliphatic heterocycles. The van der Waals surface area contributed by atoms with Crippen LogP contribution in [0.15, 0.2) is 29.4 Å². The molecule has 2 rings (SSSR count). The van der Waals surface area contributed by atoms with Crippen LogP contribution >= 0.6 is 0 Å². The Hall–Kier alpha value is -2.90. The van der Waals surface area contributed by atoms with Crippen LogP contribution in [0.1, 0.15) is 37.9 Å². The fourth-order valence-corrected chi connectivity index (χ4v) is 2.96. The Kier molecular flexibility index (Phi) is 6.55. The van der Waals surface area contributed by atoms with Crippen LogP contribution in [-0.2, 0) is 20.8 Å². The van der Waals surface area contributed by atoms with E-state index in [1.54, 1.807) is 25.8 Å². The molecule has 2 unspecified atom stereocenters. The van der Waals surface area contributed by atoms with E-state index in [-0.39, 0.29) is 17.5 Å². The minimum absolute atomic E-state index is 0.0646. The summed E-state index contributed by atoms with van der Waals surface area (Å²) in [5.74, 6) is -1.62. The van der Waals surface area contributed by atoms with Crippen LogP contribution in [0.2, 0.25) is 0 Å². The van der Waals surface area contributed by atoms with E-state index in [1.807, 2.05) is 24.3 Å². The van der Waals surface area contributed by atoms with Crippen LogP contribution in [0.5, 0.6) is 0 Å². The van der Waals surface area contributed by atoms with E-state index in [0.717, 1.165) is 11.1 Å². The molecule has 1 aromatic rings. The standard InChI is InChI=1S/C19H26N4O4/c1-11(2)15(22-27)18(25)20-12(3)17(24)21-16-14-8-6-5-7-13(14)9-10-23(4)19(16)26/h5-8,11-12,16,27H,9-10H2,1-4H3,(H,20,25)(H,21,24). The monoisotopic (exact) mass is 374 g/mol. The highest BCUT2D eigenvalue weighted by atomic mass is 16.4. The van der Waals surface area contributed by atoms with Crippen LogP contribution < -0.4 is 10.6 Å². The summed E-state index contributed by atoms with van der Waals surface area (Å²) in [5.41, 5.74) is 1.70. The Morgan fingerprint density at radius 2 is 1.93 bits per heavy atom. The van der Waals surface area contributed by atoms with Crippen molar-refractivity contribution in [3.05, 3.63) is 35.4 Å². The van der Waals surface area contributed by atoms with Crippen molar-refractivity contribution in [3.8, 4) is 0 Å². The van der Waals surface area contributed by atoms with E-state index >= 15 is 0 Å². The number of hydrogen-bond donors (Lipinski definition) is 3. The average Bonchev–Trinajstić information content (AvgIpc) is 2.74. The molecule has 1 aromatic carbocycles. The molecule has 8 heteroatoms. The topological polar surface area (TPSA) is 111 Å². The number of rotatable bonds is 5. The lowest BCUT2D eigenvalue weighted by molar-refractivity contribution is -0.136. The summed E-state index contributed by atoms with van der Waals surface area (Å²) in [4.78, 5) is 39.0. The van der Waals surface area contributed by atoms with Crippen LogP contribution in [-0.4, -0.2) is 53.2 Å². The zero-order chi connectivity index (χ0) is 20.1. The number of amides is 3. The highest BCUT2D eigenvalue weighted by Gasteiger charge is 2.32. The molecule has 0 saturated carbocycles. The quantitative estimate of drug-likeness (QED) is 0.403. The summed E-state index contributed by atoms with van der Waals surface area (Å²) >= 11 is 0. The second-order valence-corrected chi connectivity index (χ2v) is 6.99. The van der Waals surface area contributed by atoms with Crippen molar-refractivity contribution in [2.24, 2.45) is 11.1 Å². The second-order valence-electron chi connectivity index (χ2n) is 6.99. The van der Waals surface area contributed by atoms with Gasteiger partial charge in [0.15, 0.2) is 0 Å². The van der Waals surface area contributed by atoms with Crippen molar-refractivity contribution in [1.29, 1.82) is 0 Å². The lowest BCUT2D eigenvalue weighted by Crippen LogP contribution is -2.50. The molecule has 0 aromatic heterocycles. The third-order valence-electron chi connectivity index (χ3n) is 4.62. The summed E-state index contributed by atoms with van der Waals surface area (Å²) in [6.45, 7) is 5.49. The van der Waals surface area contributed by atoms with Crippen molar-refractivity contribution in [1.82, 2.24) is 15.5 Å². The molecule has 3 N–H and O–H groups in total.